The molecule has 0 saturated carbocycles. The van der Waals surface area contributed by atoms with E-state index in [4.69, 9.17) is 19.9 Å². The molecule has 15 atom stereocenters. The lowest BCUT2D eigenvalue weighted by Gasteiger charge is -2.47. The summed E-state index contributed by atoms with van der Waals surface area (Å²) < 4.78 is 18.0. The van der Waals surface area contributed by atoms with Gasteiger partial charge in [-0.3, -0.25) is 4.79 Å². The number of aliphatic hydroxyl groups excluding tert-OH is 3. The molecule has 2 aliphatic rings. The summed E-state index contributed by atoms with van der Waals surface area (Å²) in [4.78, 5) is 15.1. The third-order valence-electron chi connectivity index (χ3n) is 9.45. The standard InChI is InChI=1S/C29H56N2O9/c1-11-20-29(8,37)24(34)16(4)21(30)14(2)13-28(7,36)25(17(5)22(32)18(6)26(35)39-20)40-27-23(33)19(31(9)10)12-15(3)38-27/h14-25,27,32-34,36-37H,11-13,30H2,1-10H3/t14-,15?,16+,17+,18-,19?,20-,21+,22+,23?,24-,25-,27?,28-,29-/m1/s1. The van der Waals surface area contributed by atoms with Crippen LogP contribution in [-0.2, 0) is 19.0 Å². The van der Waals surface area contributed by atoms with Crippen molar-refractivity contribution in [2.75, 3.05) is 14.1 Å². The predicted molar refractivity (Wildman–Crippen MR) is 150 cm³/mol. The molecule has 0 bridgehead atoms. The van der Waals surface area contributed by atoms with Gasteiger partial charge >= 0.3 is 5.97 Å². The molecule has 2 rings (SSSR count). The number of ether oxygens (including phenoxy) is 3. The van der Waals surface area contributed by atoms with Crippen LogP contribution >= 0.6 is 0 Å². The molecule has 0 aromatic rings. The first-order chi connectivity index (χ1) is 18.3. The van der Waals surface area contributed by atoms with Gasteiger partial charge in [-0.1, -0.05) is 27.7 Å². The van der Waals surface area contributed by atoms with Gasteiger partial charge in [0.15, 0.2) is 6.29 Å². The molecule has 7 N–H and O–H groups in total. The zero-order chi connectivity index (χ0) is 30.9. The number of rotatable bonds is 4. The maximum absolute atomic E-state index is 13.2. The molecule has 0 aromatic carbocycles. The minimum absolute atomic E-state index is 0.112. The summed E-state index contributed by atoms with van der Waals surface area (Å²) in [5, 5.41) is 56.9. The van der Waals surface area contributed by atoms with E-state index >= 15 is 0 Å². The van der Waals surface area contributed by atoms with Crippen molar-refractivity contribution >= 4 is 5.97 Å². The van der Waals surface area contributed by atoms with E-state index in [-0.39, 0.29) is 30.9 Å². The highest BCUT2D eigenvalue weighted by molar-refractivity contribution is 5.73. The van der Waals surface area contributed by atoms with Crippen LogP contribution in [-0.4, -0.2) is 117 Å². The van der Waals surface area contributed by atoms with Gasteiger partial charge in [0.05, 0.1) is 35.9 Å². The lowest BCUT2D eigenvalue weighted by atomic mass is 9.72. The average molecular weight is 577 g/mol. The average Bonchev–Trinajstić information content (AvgIpc) is 2.87. The number of aliphatic hydroxyl groups is 5. The fraction of sp³-hybridized carbons (Fsp3) is 0.966. The Balaban J connectivity index is 2.54. The smallest absolute Gasteiger partial charge is 0.311 e. The van der Waals surface area contributed by atoms with Gasteiger partial charge in [0.1, 0.15) is 17.8 Å². The molecule has 4 unspecified atom stereocenters. The molecule has 0 aromatic heterocycles. The lowest BCUT2D eigenvalue weighted by Crippen LogP contribution is -2.61. The summed E-state index contributed by atoms with van der Waals surface area (Å²) in [5.41, 5.74) is 3.18. The Bertz CT molecular complexity index is 825. The molecule has 0 amide bonds. The Morgan fingerprint density at radius 1 is 1.02 bits per heavy atom. The number of hydrogen-bond donors (Lipinski definition) is 6. The quantitative estimate of drug-likeness (QED) is 0.259. The zero-order valence-corrected chi connectivity index (χ0v) is 26.0. The first-order valence-corrected chi connectivity index (χ1v) is 14.7. The first kappa shape index (κ1) is 35.3. The van der Waals surface area contributed by atoms with Crippen molar-refractivity contribution in [2.24, 2.45) is 29.4 Å². The van der Waals surface area contributed by atoms with Gasteiger partial charge in [-0.25, -0.2) is 0 Å². The summed E-state index contributed by atoms with van der Waals surface area (Å²) in [6, 6.07) is -0.904. The van der Waals surface area contributed by atoms with Crippen molar-refractivity contribution in [3.63, 3.8) is 0 Å². The van der Waals surface area contributed by atoms with Gasteiger partial charge in [0.25, 0.3) is 0 Å². The van der Waals surface area contributed by atoms with E-state index in [0.29, 0.717) is 6.42 Å². The number of carbonyl (C=O) groups is 1. The first-order valence-electron chi connectivity index (χ1n) is 14.7. The van der Waals surface area contributed by atoms with Crippen LogP contribution < -0.4 is 5.73 Å². The highest BCUT2D eigenvalue weighted by Gasteiger charge is 2.50. The number of likely N-dealkylation sites (N-methyl/N-ethyl adjacent to an activating group) is 1. The SMILES string of the molecule is CC[C@H]1OC(=O)[C@H](C)[C@@H](O)[C@H](C)[C@@H](OC2OC(C)CC(N(C)C)C2O)[C@](C)(O)C[C@@H](C)[C@H](N)[C@H](C)[C@@H](O)[C@]1(C)O. The van der Waals surface area contributed by atoms with E-state index in [1.165, 1.54) is 13.8 Å². The Morgan fingerprint density at radius 2 is 1.60 bits per heavy atom. The number of hydrogen-bond acceptors (Lipinski definition) is 11. The number of nitrogens with zero attached hydrogens (tertiary/aromatic N) is 1. The van der Waals surface area contributed by atoms with E-state index in [1.54, 1.807) is 27.7 Å². The van der Waals surface area contributed by atoms with E-state index < -0.39 is 77.8 Å². The van der Waals surface area contributed by atoms with Crippen LogP contribution in [0.25, 0.3) is 0 Å². The van der Waals surface area contributed by atoms with Crippen molar-refractivity contribution in [3.05, 3.63) is 0 Å². The maximum atomic E-state index is 13.2. The summed E-state index contributed by atoms with van der Waals surface area (Å²) in [6.45, 7) is 13.4. The molecule has 2 heterocycles. The van der Waals surface area contributed by atoms with Crippen molar-refractivity contribution < 1.29 is 44.5 Å². The lowest BCUT2D eigenvalue weighted by molar-refractivity contribution is -0.299. The largest absolute Gasteiger partial charge is 0.459 e. The predicted octanol–water partition coefficient (Wildman–Crippen LogP) is 0.619. The van der Waals surface area contributed by atoms with E-state index in [9.17, 15) is 30.3 Å². The highest BCUT2D eigenvalue weighted by atomic mass is 16.7. The molecule has 236 valence electrons. The van der Waals surface area contributed by atoms with Crippen LogP contribution in [0.1, 0.15) is 74.7 Å². The van der Waals surface area contributed by atoms with Gasteiger partial charge < -0.3 is 50.4 Å². The number of esters is 1. The number of nitrogens with two attached hydrogens (primary N) is 1. The third-order valence-corrected chi connectivity index (χ3v) is 9.45. The molecule has 2 saturated heterocycles. The van der Waals surface area contributed by atoms with E-state index in [0.717, 1.165) is 0 Å². The molecule has 0 radical (unpaired) electrons. The minimum Gasteiger partial charge on any atom is -0.459 e. The Morgan fingerprint density at radius 3 is 2.12 bits per heavy atom. The summed E-state index contributed by atoms with van der Waals surface area (Å²) in [6.07, 6.45) is -6.18. The molecule has 2 fully saturated rings. The highest BCUT2D eigenvalue weighted by Crippen LogP contribution is 2.38. The van der Waals surface area contributed by atoms with Gasteiger partial charge in [-0.05, 0) is 67.0 Å². The Labute approximate surface area is 240 Å². The van der Waals surface area contributed by atoms with Crippen LogP contribution in [0.3, 0.4) is 0 Å². The normalized spacial score (nSPS) is 50.3. The van der Waals surface area contributed by atoms with Crippen LogP contribution in [0.5, 0.6) is 0 Å². The second-order valence-corrected chi connectivity index (χ2v) is 13.2. The fourth-order valence-corrected chi connectivity index (χ4v) is 6.63. The van der Waals surface area contributed by atoms with E-state index in [1.807, 2.05) is 32.8 Å². The van der Waals surface area contributed by atoms with Crippen molar-refractivity contribution in [1.82, 2.24) is 4.90 Å². The molecular weight excluding hydrogens is 520 g/mol. The molecule has 0 spiro atoms. The molecular formula is C29H56N2O9. The summed E-state index contributed by atoms with van der Waals surface area (Å²) in [7, 11) is 3.72. The fourth-order valence-electron chi connectivity index (χ4n) is 6.63. The van der Waals surface area contributed by atoms with Gasteiger partial charge in [0, 0.05) is 23.9 Å². The van der Waals surface area contributed by atoms with Gasteiger partial charge in [0.2, 0.25) is 0 Å². The zero-order valence-electron chi connectivity index (χ0n) is 26.0. The summed E-state index contributed by atoms with van der Waals surface area (Å²) in [5.74, 6) is -3.60. The van der Waals surface area contributed by atoms with E-state index in [2.05, 4.69) is 0 Å². The summed E-state index contributed by atoms with van der Waals surface area (Å²) >= 11 is 0. The topological polar surface area (TPSA) is 175 Å². The number of carbonyl (C=O) groups excluding carboxylic acids is 1. The monoisotopic (exact) mass is 576 g/mol. The van der Waals surface area contributed by atoms with Crippen molar-refractivity contribution in [1.29, 1.82) is 0 Å². The molecule has 11 heteroatoms. The molecule has 2 aliphatic heterocycles. The molecule has 40 heavy (non-hydrogen) atoms. The Kier molecular flexibility index (Phi) is 12.0. The van der Waals surface area contributed by atoms with Crippen molar-refractivity contribution in [2.45, 2.75) is 141 Å². The van der Waals surface area contributed by atoms with Crippen molar-refractivity contribution in [3.8, 4) is 0 Å². The minimum atomic E-state index is -1.80. The van der Waals surface area contributed by atoms with Crippen LogP contribution in [0.15, 0.2) is 0 Å². The second-order valence-electron chi connectivity index (χ2n) is 13.2. The van der Waals surface area contributed by atoms with Crippen LogP contribution in [0.4, 0.5) is 0 Å². The van der Waals surface area contributed by atoms with Gasteiger partial charge in [-0.15, -0.1) is 0 Å². The van der Waals surface area contributed by atoms with Crippen LogP contribution in [0.2, 0.25) is 0 Å². The molecule has 11 nitrogen and oxygen atoms in total. The van der Waals surface area contributed by atoms with Gasteiger partial charge in [-0.2, -0.15) is 0 Å². The Hall–Kier alpha value is -0.890. The van der Waals surface area contributed by atoms with Crippen LogP contribution in [0, 0.1) is 23.7 Å². The second kappa shape index (κ2) is 13.6. The maximum Gasteiger partial charge on any atom is 0.311 e. The number of cyclic esters (lactones) is 1. The molecule has 0 aliphatic carbocycles. The third kappa shape index (κ3) is 7.54.